The molecule has 0 saturated heterocycles. The van der Waals surface area contributed by atoms with E-state index in [1.54, 1.807) is 32.4 Å². The van der Waals surface area contributed by atoms with Gasteiger partial charge in [0, 0.05) is 6.42 Å². The molecule has 0 radical (unpaired) electrons. The first-order valence-corrected chi connectivity index (χ1v) is 9.15. The first-order valence-electron chi connectivity index (χ1n) is 8.77. The molecular formula is C21H24ClNO5. The molecule has 1 N–H and O–H groups in total. The van der Waals surface area contributed by atoms with Crippen LogP contribution in [0.25, 0.3) is 0 Å². The van der Waals surface area contributed by atoms with E-state index in [1.165, 1.54) is 0 Å². The standard InChI is InChI=1S/C21H24ClNO5/c1-13-9-14(2)21(16(22)10-13)23-19(24)12-28-20(25)8-6-15-5-7-17(26-3)18(11-15)27-4/h5,7,9-11H,6,8,12H2,1-4H3,(H,23,24). The summed E-state index contributed by atoms with van der Waals surface area (Å²) in [6.45, 7) is 3.41. The number of hydrogen-bond donors (Lipinski definition) is 1. The van der Waals surface area contributed by atoms with E-state index in [4.69, 9.17) is 25.8 Å². The lowest BCUT2D eigenvalue weighted by Gasteiger charge is -2.12. The molecule has 6 nitrogen and oxygen atoms in total. The number of halogens is 1. The summed E-state index contributed by atoms with van der Waals surface area (Å²) >= 11 is 6.16. The zero-order chi connectivity index (χ0) is 20.7. The highest BCUT2D eigenvalue weighted by Gasteiger charge is 2.13. The van der Waals surface area contributed by atoms with Crippen molar-refractivity contribution >= 4 is 29.2 Å². The van der Waals surface area contributed by atoms with Crippen molar-refractivity contribution in [2.45, 2.75) is 26.7 Å². The van der Waals surface area contributed by atoms with Crippen molar-refractivity contribution in [3.63, 3.8) is 0 Å². The van der Waals surface area contributed by atoms with Gasteiger partial charge >= 0.3 is 5.97 Å². The van der Waals surface area contributed by atoms with E-state index in [0.717, 1.165) is 16.7 Å². The van der Waals surface area contributed by atoms with Crippen LogP contribution < -0.4 is 14.8 Å². The number of benzene rings is 2. The van der Waals surface area contributed by atoms with Crippen molar-refractivity contribution in [1.29, 1.82) is 0 Å². The van der Waals surface area contributed by atoms with E-state index in [-0.39, 0.29) is 13.0 Å². The highest BCUT2D eigenvalue weighted by atomic mass is 35.5. The first kappa shape index (κ1) is 21.6. The van der Waals surface area contributed by atoms with E-state index in [2.05, 4.69) is 5.32 Å². The topological polar surface area (TPSA) is 73.9 Å². The van der Waals surface area contributed by atoms with Crippen molar-refractivity contribution in [2.24, 2.45) is 0 Å². The van der Waals surface area contributed by atoms with E-state index < -0.39 is 11.9 Å². The fourth-order valence-electron chi connectivity index (χ4n) is 2.75. The lowest BCUT2D eigenvalue weighted by molar-refractivity contribution is -0.147. The Hall–Kier alpha value is -2.73. The maximum Gasteiger partial charge on any atom is 0.306 e. The molecule has 150 valence electrons. The van der Waals surface area contributed by atoms with Gasteiger partial charge in [-0.1, -0.05) is 23.7 Å². The average Bonchev–Trinajstić information content (AvgIpc) is 2.67. The third-order valence-electron chi connectivity index (χ3n) is 4.13. The Morgan fingerprint density at radius 1 is 1.04 bits per heavy atom. The summed E-state index contributed by atoms with van der Waals surface area (Å²) in [5.74, 6) is 0.318. The van der Waals surface area contributed by atoms with Gasteiger partial charge in [-0.15, -0.1) is 0 Å². The maximum atomic E-state index is 12.1. The summed E-state index contributed by atoms with van der Waals surface area (Å²) in [5.41, 5.74) is 3.28. The number of esters is 1. The molecule has 7 heteroatoms. The Labute approximate surface area is 169 Å². The van der Waals surface area contributed by atoms with Gasteiger partial charge in [-0.3, -0.25) is 9.59 Å². The maximum absolute atomic E-state index is 12.1. The second-order valence-electron chi connectivity index (χ2n) is 6.34. The lowest BCUT2D eigenvalue weighted by atomic mass is 10.1. The minimum absolute atomic E-state index is 0.146. The number of carbonyl (C=O) groups excluding carboxylic acids is 2. The van der Waals surface area contributed by atoms with Gasteiger partial charge in [0.1, 0.15) is 0 Å². The summed E-state index contributed by atoms with van der Waals surface area (Å²) in [7, 11) is 3.11. The Morgan fingerprint density at radius 3 is 2.39 bits per heavy atom. The molecule has 0 spiro atoms. The summed E-state index contributed by atoms with van der Waals surface area (Å²) in [4.78, 5) is 24.0. The minimum Gasteiger partial charge on any atom is -0.493 e. The molecule has 0 aliphatic heterocycles. The number of ether oxygens (including phenoxy) is 3. The molecule has 0 fully saturated rings. The SMILES string of the molecule is COc1ccc(CCC(=O)OCC(=O)Nc2c(C)cc(C)cc2Cl)cc1OC. The van der Waals surface area contributed by atoms with Crippen LogP contribution in [-0.2, 0) is 20.7 Å². The Bertz CT molecular complexity index is 843. The van der Waals surface area contributed by atoms with Gasteiger partial charge in [-0.25, -0.2) is 0 Å². The van der Waals surface area contributed by atoms with Crippen molar-refractivity contribution in [3.05, 3.63) is 52.0 Å². The van der Waals surface area contributed by atoms with Crippen LogP contribution in [-0.4, -0.2) is 32.7 Å². The number of carbonyl (C=O) groups is 2. The molecule has 1 amide bonds. The van der Waals surface area contributed by atoms with E-state index >= 15 is 0 Å². The molecule has 0 aliphatic carbocycles. The van der Waals surface area contributed by atoms with Crippen LogP contribution in [0.1, 0.15) is 23.1 Å². The van der Waals surface area contributed by atoms with Gasteiger partial charge in [-0.2, -0.15) is 0 Å². The molecule has 0 heterocycles. The Balaban J connectivity index is 1.83. The smallest absolute Gasteiger partial charge is 0.306 e. The highest BCUT2D eigenvalue weighted by Crippen LogP contribution is 2.28. The van der Waals surface area contributed by atoms with Crippen LogP contribution in [0.2, 0.25) is 5.02 Å². The number of hydrogen-bond acceptors (Lipinski definition) is 5. The molecule has 0 saturated carbocycles. The molecule has 0 aromatic heterocycles. The van der Waals surface area contributed by atoms with E-state index in [0.29, 0.717) is 28.6 Å². The third-order valence-corrected chi connectivity index (χ3v) is 4.42. The van der Waals surface area contributed by atoms with Gasteiger partial charge < -0.3 is 19.5 Å². The van der Waals surface area contributed by atoms with E-state index in [1.807, 2.05) is 26.0 Å². The van der Waals surface area contributed by atoms with Crippen LogP contribution in [0.5, 0.6) is 11.5 Å². The number of anilines is 1. The quantitative estimate of drug-likeness (QED) is 0.669. The second kappa shape index (κ2) is 9.99. The van der Waals surface area contributed by atoms with Gasteiger partial charge in [0.05, 0.1) is 24.9 Å². The molecule has 0 aliphatic rings. The number of methoxy groups -OCH3 is 2. The summed E-state index contributed by atoms with van der Waals surface area (Å²) in [5, 5.41) is 3.13. The van der Waals surface area contributed by atoms with Crippen molar-refractivity contribution < 1.29 is 23.8 Å². The van der Waals surface area contributed by atoms with Gasteiger partial charge in [0.2, 0.25) is 0 Å². The Kier molecular flexibility index (Phi) is 7.70. The zero-order valence-electron chi connectivity index (χ0n) is 16.4. The van der Waals surface area contributed by atoms with Crippen LogP contribution in [0, 0.1) is 13.8 Å². The van der Waals surface area contributed by atoms with Crippen molar-refractivity contribution in [1.82, 2.24) is 0 Å². The number of nitrogens with one attached hydrogen (secondary N) is 1. The first-order chi connectivity index (χ1) is 13.3. The monoisotopic (exact) mass is 405 g/mol. The van der Waals surface area contributed by atoms with Crippen molar-refractivity contribution in [2.75, 3.05) is 26.1 Å². The Morgan fingerprint density at radius 2 is 1.75 bits per heavy atom. The largest absolute Gasteiger partial charge is 0.493 e. The third kappa shape index (κ3) is 5.89. The molecule has 0 unspecified atom stereocenters. The fourth-order valence-corrected chi connectivity index (χ4v) is 3.12. The van der Waals surface area contributed by atoms with Crippen LogP contribution in [0.4, 0.5) is 5.69 Å². The normalized spacial score (nSPS) is 10.3. The predicted octanol–water partition coefficient (Wildman–Crippen LogP) is 4.09. The summed E-state index contributed by atoms with van der Waals surface area (Å²) in [6.07, 6.45) is 0.608. The molecule has 28 heavy (non-hydrogen) atoms. The minimum atomic E-state index is -0.461. The highest BCUT2D eigenvalue weighted by molar-refractivity contribution is 6.34. The molecule has 2 aromatic rings. The van der Waals surface area contributed by atoms with Gasteiger partial charge in [-0.05, 0) is 55.2 Å². The number of amides is 1. The van der Waals surface area contributed by atoms with Crippen LogP contribution in [0.3, 0.4) is 0 Å². The molecular weight excluding hydrogens is 382 g/mol. The fraction of sp³-hybridized carbons (Fsp3) is 0.333. The summed E-state index contributed by atoms with van der Waals surface area (Å²) in [6, 6.07) is 9.11. The molecule has 0 atom stereocenters. The summed E-state index contributed by atoms with van der Waals surface area (Å²) < 4.78 is 15.5. The number of rotatable bonds is 8. The lowest BCUT2D eigenvalue weighted by Crippen LogP contribution is -2.21. The second-order valence-corrected chi connectivity index (χ2v) is 6.74. The molecule has 2 rings (SSSR count). The molecule has 2 aromatic carbocycles. The average molecular weight is 406 g/mol. The predicted molar refractivity (Wildman–Crippen MR) is 108 cm³/mol. The van der Waals surface area contributed by atoms with E-state index in [9.17, 15) is 9.59 Å². The van der Waals surface area contributed by atoms with Gasteiger partial charge in [0.25, 0.3) is 5.91 Å². The van der Waals surface area contributed by atoms with Crippen LogP contribution in [0.15, 0.2) is 30.3 Å². The zero-order valence-corrected chi connectivity index (χ0v) is 17.2. The van der Waals surface area contributed by atoms with Crippen LogP contribution >= 0.6 is 11.6 Å². The van der Waals surface area contributed by atoms with Crippen molar-refractivity contribution in [3.8, 4) is 11.5 Å². The number of aryl methyl sites for hydroxylation is 3. The van der Waals surface area contributed by atoms with Gasteiger partial charge in [0.15, 0.2) is 18.1 Å². The molecule has 0 bridgehead atoms.